The first-order valence-electron chi connectivity index (χ1n) is 7.36. The van der Waals surface area contributed by atoms with Crippen molar-refractivity contribution in [3.63, 3.8) is 0 Å². The number of hydrogen-bond acceptors (Lipinski definition) is 3. The molecular weight excluding hydrogens is 268 g/mol. The molecule has 116 valence electrons. The van der Waals surface area contributed by atoms with Gasteiger partial charge < -0.3 is 14.6 Å². The van der Waals surface area contributed by atoms with Crippen LogP contribution in [0, 0.1) is 5.41 Å². The summed E-state index contributed by atoms with van der Waals surface area (Å²) in [6.45, 7) is 9.60. The van der Waals surface area contributed by atoms with E-state index in [1.54, 1.807) is 18.1 Å². The van der Waals surface area contributed by atoms with Gasteiger partial charge in [0.15, 0.2) is 0 Å². The molecule has 2 rings (SSSR count). The number of furan rings is 1. The van der Waals surface area contributed by atoms with Crippen LogP contribution in [0.15, 0.2) is 22.8 Å². The number of nitrogens with one attached hydrogen (secondary N) is 1. The highest BCUT2D eigenvalue weighted by atomic mass is 16.3. The van der Waals surface area contributed by atoms with Crippen LogP contribution in [0.25, 0.3) is 0 Å². The van der Waals surface area contributed by atoms with E-state index >= 15 is 0 Å². The zero-order chi connectivity index (χ0) is 15.8. The van der Waals surface area contributed by atoms with Crippen LogP contribution in [0.1, 0.15) is 40.4 Å². The predicted octanol–water partition coefficient (Wildman–Crippen LogP) is 1.97. The van der Waals surface area contributed by atoms with E-state index in [2.05, 4.69) is 5.32 Å². The Hall–Kier alpha value is -1.78. The molecule has 1 aliphatic heterocycles. The third-order valence-corrected chi connectivity index (χ3v) is 4.00. The van der Waals surface area contributed by atoms with Crippen LogP contribution < -0.4 is 5.32 Å². The molecule has 1 fully saturated rings. The fraction of sp³-hybridized carbons (Fsp3) is 0.625. The Balaban J connectivity index is 2.22. The largest absolute Gasteiger partial charge is 0.469 e. The minimum Gasteiger partial charge on any atom is -0.469 e. The maximum atomic E-state index is 12.8. The highest BCUT2D eigenvalue weighted by Gasteiger charge is 2.45. The summed E-state index contributed by atoms with van der Waals surface area (Å²) >= 11 is 0. The standard InChI is InChI=1S/C16H24N2O3/c1-10(9-12-7-6-8-21-12)18-11(2)14(19)17-13(15(18)20)16(3,4)5/h6-8,10-11,13H,9H2,1-5H3,(H,17,19). The van der Waals surface area contributed by atoms with Crippen molar-refractivity contribution in [3.05, 3.63) is 24.2 Å². The molecule has 1 aliphatic rings. The SMILES string of the molecule is CC(Cc1ccco1)N1C(=O)C(C(C)(C)C)NC(=O)C1C. The van der Waals surface area contributed by atoms with Gasteiger partial charge in [-0.05, 0) is 31.4 Å². The van der Waals surface area contributed by atoms with Gasteiger partial charge in [-0.2, -0.15) is 0 Å². The lowest BCUT2D eigenvalue weighted by Crippen LogP contribution is -2.67. The van der Waals surface area contributed by atoms with E-state index < -0.39 is 12.1 Å². The van der Waals surface area contributed by atoms with Crippen molar-refractivity contribution in [2.75, 3.05) is 0 Å². The third-order valence-electron chi connectivity index (χ3n) is 4.00. The highest BCUT2D eigenvalue weighted by Crippen LogP contribution is 2.27. The first-order chi connectivity index (χ1) is 9.71. The van der Waals surface area contributed by atoms with Gasteiger partial charge in [0.05, 0.1) is 6.26 Å². The number of rotatable bonds is 3. The summed E-state index contributed by atoms with van der Waals surface area (Å²) in [5.41, 5.74) is -0.310. The maximum Gasteiger partial charge on any atom is 0.246 e. The average molecular weight is 292 g/mol. The summed E-state index contributed by atoms with van der Waals surface area (Å²) in [6.07, 6.45) is 2.22. The first-order valence-corrected chi connectivity index (χ1v) is 7.36. The van der Waals surface area contributed by atoms with Gasteiger partial charge in [-0.25, -0.2) is 0 Å². The summed E-state index contributed by atoms with van der Waals surface area (Å²) < 4.78 is 5.35. The van der Waals surface area contributed by atoms with Crippen molar-refractivity contribution in [3.8, 4) is 0 Å². The van der Waals surface area contributed by atoms with Crippen molar-refractivity contribution < 1.29 is 14.0 Å². The number of hydrogen-bond donors (Lipinski definition) is 1. The van der Waals surface area contributed by atoms with Gasteiger partial charge >= 0.3 is 0 Å². The van der Waals surface area contributed by atoms with Crippen molar-refractivity contribution in [2.45, 2.75) is 59.2 Å². The highest BCUT2D eigenvalue weighted by molar-refractivity contribution is 5.97. The van der Waals surface area contributed by atoms with Crippen LogP contribution in [0.2, 0.25) is 0 Å². The molecule has 0 spiro atoms. The Morgan fingerprint density at radius 2 is 2.05 bits per heavy atom. The maximum absolute atomic E-state index is 12.8. The van der Waals surface area contributed by atoms with E-state index in [1.165, 1.54) is 0 Å². The second-order valence-electron chi connectivity index (χ2n) is 6.86. The van der Waals surface area contributed by atoms with Crippen molar-refractivity contribution in [1.82, 2.24) is 10.2 Å². The molecule has 0 saturated carbocycles. The minimum atomic E-state index is -0.486. The topological polar surface area (TPSA) is 62.6 Å². The van der Waals surface area contributed by atoms with Crippen LogP contribution >= 0.6 is 0 Å². The molecule has 0 aromatic carbocycles. The second kappa shape index (κ2) is 5.54. The zero-order valence-corrected chi connectivity index (χ0v) is 13.3. The van der Waals surface area contributed by atoms with Crippen molar-refractivity contribution >= 4 is 11.8 Å². The van der Waals surface area contributed by atoms with Crippen molar-refractivity contribution in [2.24, 2.45) is 5.41 Å². The lowest BCUT2D eigenvalue weighted by atomic mass is 9.83. The molecule has 1 saturated heterocycles. The van der Waals surface area contributed by atoms with Crippen LogP contribution in [0.4, 0.5) is 0 Å². The Morgan fingerprint density at radius 1 is 1.38 bits per heavy atom. The number of amides is 2. The monoisotopic (exact) mass is 292 g/mol. The molecule has 0 bridgehead atoms. The Labute approximate surface area is 125 Å². The van der Waals surface area contributed by atoms with E-state index in [0.29, 0.717) is 6.42 Å². The molecule has 1 N–H and O–H groups in total. The van der Waals surface area contributed by atoms with E-state index in [1.807, 2.05) is 39.8 Å². The lowest BCUT2D eigenvalue weighted by Gasteiger charge is -2.44. The molecule has 2 heterocycles. The van der Waals surface area contributed by atoms with Crippen LogP contribution in [-0.2, 0) is 16.0 Å². The molecule has 3 atom stereocenters. The van der Waals surface area contributed by atoms with E-state index in [-0.39, 0.29) is 23.3 Å². The van der Waals surface area contributed by atoms with Gasteiger partial charge in [0.1, 0.15) is 17.8 Å². The van der Waals surface area contributed by atoms with E-state index in [4.69, 9.17) is 4.42 Å². The van der Waals surface area contributed by atoms with Gasteiger partial charge in [-0.1, -0.05) is 20.8 Å². The molecule has 1 aromatic heterocycles. The number of carbonyl (C=O) groups excluding carboxylic acids is 2. The molecule has 3 unspecified atom stereocenters. The fourth-order valence-corrected chi connectivity index (χ4v) is 2.79. The summed E-state index contributed by atoms with van der Waals surface area (Å²) in [5, 5.41) is 2.85. The average Bonchev–Trinajstić information content (AvgIpc) is 2.85. The predicted molar refractivity (Wildman–Crippen MR) is 79.6 cm³/mol. The normalized spacial score (nSPS) is 24.9. The Kier molecular flexibility index (Phi) is 4.12. The summed E-state index contributed by atoms with van der Waals surface area (Å²) in [5.74, 6) is 0.704. The Bertz CT molecular complexity index is 516. The van der Waals surface area contributed by atoms with Gasteiger partial charge in [-0.15, -0.1) is 0 Å². The van der Waals surface area contributed by atoms with Crippen LogP contribution in [-0.4, -0.2) is 34.8 Å². The molecule has 21 heavy (non-hydrogen) atoms. The van der Waals surface area contributed by atoms with Crippen LogP contribution in [0.3, 0.4) is 0 Å². The minimum absolute atomic E-state index is 0.0198. The number of piperazine rings is 1. The Morgan fingerprint density at radius 3 is 2.57 bits per heavy atom. The second-order valence-corrected chi connectivity index (χ2v) is 6.86. The van der Waals surface area contributed by atoms with Gasteiger partial charge in [0, 0.05) is 12.5 Å². The molecule has 0 aliphatic carbocycles. The number of nitrogens with zero attached hydrogens (tertiary/aromatic N) is 1. The molecular formula is C16H24N2O3. The van der Waals surface area contributed by atoms with Crippen LogP contribution in [0.5, 0.6) is 0 Å². The molecule has 2 amide bonds. The molecule has 5 heteroatoms. The van der Waals surface area contributed by atoms with Crippen molar-refractivity contribution in [1.29, 1.82) is 0 Å². The first kappa shape index (κ1) is 15.6. The summed E-state index contributed by atoms with van der Waals surface area (Å²) in [7, 11) is 0. The van der Waals surface area contributed by atoms with Gasteiger partial charge in [0.2, 0.25) is 11.8 Å². The zero-order valence-electron chi connectivity index (χ0n) is 13.3. The van der Waals surface area contributed by atoms with E-state index in [9.17, 15) is 9.59 Å². The van der Waals surface area contributed by atoms with E-state index in [0.717, 1.165) is 5.76 Å². The molecule has 1 aromatic rings. The number of carbonyl (C=O) groups is 2. The molecule has 5 nitrogen and oxygen atoms in total. The fourth-order valence-electron chi connectivity index (χ4n) is 2.79. The quantitative estimate of drug-likeness (QED) is 0.926. The van der Waals surface area contributed by atoms with Gasteiger partial charge in [-0.3, -0.25) is 9.59 Å². The summed E-state index contributed by atoms with van der Waals surface area (Å²) in [6, 6.07) is 2.68. The smallest absolute Gasteiger partial charge is 0.246 e. The third kappa shape index (κ3) is 3.12. The van der Waals surface area contributed by atoms with Gasteiger partial charge in [0.25, 0.3) is 0 Å². The molecule has 0 radical (unpaired) electrons. The lowest BCUT2D eigenvalue weighted by molar-refractivity contribution is -0.154. The summed E-state index contributed by atoms with van der Waals surface area (Å²) in [4.78, 5) is 26.7.